The number of aromatic nitrogens is 2. The van der Waals surface area contributed by atoms with Crippen molar-refractivity contribution >= 4 is 26.0 Å². The van der Waals surface area contributed by atoms with Crippen molar-refractivity contribution in [1.82, 2.24) is 13.9 Å². The predicted octanol–water partition coefficient (Wildman–Crippen LogP) is 1.91. The molecule has 0 amide bonds. The Morgan fingerprint density at radius 3 is 2.50 bits per heavy atom. The van der Waals surface area contributed by atoms with Crippen molar-refractivity contribution in [3.8, 4) is 0 Å². The number of hydrogen-bond donors (Lipinski definition) is 0. The van der Waals surface area contributed by atoms with Crippen LogP contribution in [0.3, 0.4) is 0 Å². The van der Waals surface area contributed by atoms with Crippen LogP contribution in [0.1, 0.15) is 26.1 Å². The van der Waals surface area contributed by atoms with Crippen LogP contribution in [0.4, 0.5) is 0 Å². The molecule has 7 heteroatoms. The van der Waals surface area contributed by atoms with Gasteiger partial charge in [0.25, 0.3) is 10.0 Å². The van der Waals surface area contributed by atoms with E-state index < -0.39 is 10.0 Å². The van der Waals surface area contributed by atoms with Gasteiger partial charge in [-0.15, -0.1) is 0 Å². The summed E-state index contributed by atoms with van der Waals surface area (Å²) in [5.74, 6) is 0.692. The lowest BCUT2D eigenvalue weighted by atomic mass is 10.4. The van der Waals surface area contributed by atoms with Gasteiger partial charge in [-0.1, -0.05) is 15.9 Å². The molecule has 0 aliphatic heterocycles. The second-order valence-electron chi connectivity index (χ2n) is 4.49. The third kappa shape index (κ3) is 3.33. The minimum absolute atomic E-state index is 0.0728. The fourth-order valence-corrected chi connectivity index (χ4v) is 3.60. The SMILES string of the molecule is Cc1nc(S(=O)(=O)N(CCCBr)C(C)C)cn1C. The van der Waals surface area contributed by atoms with Crippen LogP contribution in [0.15, 0.2) is 11.2 Å². The largest absolute Gasteiger partial charge is 0.337 e. The zero-order valence-electron chi connectivity index (χ0n) is 11.2. The maximum absolute atomic E-state index is 12.5. The molecule has 0 radical (unpaired) electrons. The minimum atomic E-state index is -3.49. The number of aryl methyl sites for hydroxylation is 2. The highest BCUT2D eigenvalue weighted by Crippen LogP contribution is 2.18. The van der Waals surface area contributed by atoms with Gasteiger partial charge in [0.05, 0.1) is 0 Å². The van der Waals surface area contributed by atoms with E-state index >= 15 is 0 Å². The van der Waals surface area contributed by atoms with Crippen LogP contribution in [0.2, 0.25) is 0 Å². The molecule has 1 aromatic heterocycles. The van der Waals surface area contributed by atoms with Crippen LogP contribution >= 0.6 is 15.9 Å². The van der Waals surface area contributed by atoms with Crippen molar-refractivity contribution < 1.29 is 8.42 Å². The van der Waals surface area contributed by atoms with E-state index in [1.807, 2.05) is 13.8 Å². The van der Waals surface area contributed by atoms with Crippen LogP contribution in [-0.4, -0.2) is 40.2 Å². The maximum atomic E-state index is 12.5. The summed E-state index contributed by atoms with van der Waals surface area (Å²) in [7, 11) is -1.70. The molecule has 5 nitrogen and oxygen atoms in total. The summed E-state index contributed by atoms with van der Waals surface area (Å²) in [6.45, 7) is 6.04. The molecule has 0 bridgehead atoms. The van der Waals surface area contributed by atoms with Crippen molar-refractivity contribution in [2.45, 2.75) is 38.3 Å². The Labute approximate surface area is 117 Å². The van der Waals surface area contributed by atoms with Crippen LogP contribution in [0, 0.1) is 6.92 Å². The monoisotopic (exact) mass is 337 g/mol. The summed E-state index contributed by atoms with van der Waals surface area (Å²) in [4.78, 5) is 4.11. The van der Waals surface area contributed by atoms with Crippen LogP contribution in [0.5, 0.6) is 0 Å². The van der Waals surface area contributed by atoms with E-state index in [1.54, 1.807) is 24.7 Å². The van der Waals surface area contributed by atoms with Gasteiger partial charge in [-0.25, -0.2) is 13.4 Å². The van der Waals surface area contributed by atoms with E-state index in [1.165, 1.54) is 4.31 Å². The fraction of sp³-hybridized carbons (Fsp3) is 0.727. The Balaban J connectivity index is 3.08. The molecule has 1 heterocycles. The molecule has 1 rings (SSSR count). The van der Waals surface area contributed by atoms with Crippen LogP contribution < -0.4 is 0 Å². The lowest BCUT2D eigenvalue weighted by Gasteiger charge is -2.24. The molecule has 104 valence electrons. The summed E-state index contributed by atoms with van der Waals surface area (Å²) in [6, 6.07) is -0.0728. The number of sulfonamides is 1. The van der Waals surface area contributed by atoms with E-state index in [-0.39, 0.29) is 11.1 Å². The molecule has 0 aromatic carbocycles. The van der Waals surface area contributed by atoms with Gasteiger partial charge in [0.15, 0.2) is 5.03 Å². The van der Waals surface area contributed by atoms with Gasteiger partial charge in [-0.3, -0.25) is 0 Å². The number of imidazole rings is 1. The first kappa shape index (κ1) is 15.7. The summed E-state index contributed by atoms with van der Waals surface area (Å²) >= 11 is 3.32. The highest BCUT2D eigenvalue weighted by atomic mass is 79.9. The van der Waals surface area contributed by atoms with Gasteiger partial charge in [0.1, 0.15) is 5.82 Å². The van der Waals surface area contributed by atoms with Crippen molar-refractivity contribution in [2.75, 3.05) is 11.9 Å². The Hall–Kier alpha value is -0.400. The van der Waals surface area contributed by atoms with E-state index in [0.717, 1.165) is 11.8 Å². The standard InChI is InChI=1S/C11H20BrN3O2S/c1-9(2)15(7-5-6-12)18(16,17)11-8-14(4)10(3)13-11/h8-9H,5-7H2,1-4H3. The first-order valence-electron chi connectivity index (χ1n) is 5.88. The second-order valence-corrected chi connectivity index (χ2v) is 7.12. The molecule has 0 saturated carbocycles. The van der Waals surface area contributed by atoms with Crippen LogP contribution in [0.25, 0.3) is 0 Å². The topological polar surface area (TPSA) is 55.2 Å². The Kier molecular flexibility index (Phi) is 5.36. The van der Waals surface area contributed by atoms with Crippen LogP contribution in [-0.2, 0) is 17.1 Å². The lowest BCUT2D eigenvalue weighted by Crippen LogP contribution is -2.38. The molecule has 18 heavy (non-hydrogen) atoms. The molecule has 0 N–H and O–H groups in total. The summed E-state index contributed by atoms with van der Waals surface area (Å²) in [5, 5.41) is 0.915. The van der Waals surface area contributed by atoms with E-state index in [4.69, 9.17) is 0 Å². The van der Waals surface area contributed by atoms with E-state index in [2.05, 4.69) is 20.9 Å². The molecule has 0 spiro atoms. The smallest absolute Gasteiger partial charge is 0.262 e. The van der Waals surface area contributed by atoms with Gasteiger partial charge in [0.2, 0.25) is 0 Å². The van der Waals surface area contributed by atoms with Crippen molar-refractivity contribution in [3.05, 3.63) is 12.0 Å². The predicted molar refractivity (Wildman–Crippen MR) is 75.4 cm³/mol. The maximum Gasteiger partial charge on any atom is 0.262 e. The molecular formula is C11H20BrN3O2S. The first-order chi connectivity index (χ1) is 8.30. The third-order valence-corrected chi connectivity index (χ3v) is 5.26. The molecule has 0 aliphatic carbocycles. The third-order valence-electron chi connectivity index (χ3n) is 2.75. The highest BCUT2D eigenvalue weighted by molar-refractivity contribution is 9.09. The molecule has 0 unspecified atom stereocenters. The number of hydrogen-bond acceptors (Lipinski definition) is 3. The summed E-state index contributed by atoms with van der Waals surface area (Å²) in [6.07, 6.45) is 2.34. The number of halogens is 1. The molecule has 0 saturated heterocycles. The normalized spacial score (nSPS) is 12.6. The van der Waals surface area contributed by atoms with Gasteiger partial charge in [0, 0.05) is 31.2 Å². The van der Waals surface area contributed by atoms with E-state index in [0.29, 0.717) is 12.4 Å². The number of nitrogens with zero attached hydrogens (tertiary/aromatic N) is 3. The summed E-state index contributed by atoms with van der Waals surface area (Å²) in [5.41, 5.74) is 0. The average molecular weight is 338 g/mol. The minimum Gasteiger partial charge on any atom is -0.337 e. The Morgan fingerprint density at radius 1 is 1.50 bits per heavy atom. The van der Waals surface area contributed by atoms with Crippen molar-refractivity contribution in [3.63, 3.8) is 0 Å². The zero-order chi connectivity index (χ0) is 13.9. The van der Waals surface area contributed by atoms with E-state index in [9.17, 15) is 8.42 Å². The number of rotatable bonds is 6. The molecule has 0 fully saturated rings. The first-order valence-corrected chi connectivity index (χ1v) is 8.44. The Morgan fingerprint density at radius 2 is 2.11 bits per heavy atom. The van der Waals surface area contributed by atoms with Gasteiger partial charge in [-0.05, 0) is 27.2 Å². The summed E-state index contributed by atoms with van der Waals surface area (Å²) < 4.78 is 28.2. The zero-order valence-corrected chi connectivity index (χ0v) is 13.6. The van der Waals surface area contributed by atoms with Gasteiger partial charge >= 0.3 is 0 Å². The highest BCUT2D eigenvalue weighted by Gasteiger charge is 2.28. The Bertz CT molecular complexity index is 477. The second kappa shape index (κ2) is 6.16. The molecule has 0 aliphatic rings. The van der Waals surface area contributed by atoms with Crippen molar-refractivity contribution in [1.29, 1.82) is 0 Å². The van der Waals surface area contributed by atoms with Gasteiger partial charge < -0.3 is 4.57 Å². The average Bonchev–Trinajstić information content (AvgIpc) is 2.59. The fourth-order valence-electron chi connectivity index (χ4n) is 1.64. The quantitative estimate of drug-likeness (QED) is 0.745. The lowest BCUT2D eigenvalue weighted by molar-refractivity contribution is 0.354. The van der Waals surface area contributed by atoms with Crippen molar-refractivity contribution in [2.24, 2.45) is 7.05 Å². The molecule has 1 aromatic rings. The molecule has 0 atom stereocenters. The number of alkyl halides is 1. The molecular weight excluding hydrogens is 318 g/mol. The van der Waals surface area contributed by atoms with Gasteiger partial charge in [-0.2, -0.15) is 4.31 Å².